The van der Waals surface area contributed by atoms with E-state index in [2.05, 4.69) is 25.0 Å². The van der Waals surface area contributed by atoms with Gasteiger partial charge >= 0.3 is 0 Å². The van der Waals surface area contributed by atoms with Crippen molar-refractivity contribution in [2.75, 3.05) is 4.72 Å². The molecule has 0 aliphatic carbocycles. The normalized spacial score (nSPS) is 11.6. The highest BCUT2D eigenvalue weighted by Crippen LogP contribution is 2.26. The highest BCUT2D eigenvalue weighted by Gasteiger charge is 2.16. The maximum absolute atomic E-state index is 12.5. The molecule has 8 nitrogen and oxygen atoms in total. The summed E-state index contributed by atoms with van der Waals surface area (Å²) < 4.78 is 29.6. The molecule has 0 radical (unpaired) electrons. The zero-order chi connectivity index (χ0) is 21.4. The van der Waals surface area contributed by atoms with Gasteiger partial charge in [0.25, 0.3) is 10.0 Å². The summed E-state index contributed by atoms with van der Waals surface area (Å²) in [6, 6.07) is 17.9. The quantitative estimate of drug-likeness (QED) is 0.436. The average Bonchev–Trinajstić information content (AvgIpc) is 3.41. The molecule has 0 bridgehead atoms. The molecule has 1 N–H and O–H groups in total. The molecular formula is C21H16N6O2S2. The first-order valence-corrected chi connectivity index (χ1v) is 11.6. The zero-order valence-corrected chi connectivity index (χ0v) is 17.9. The Bertz CT molecular complexity index is 1480. The van der Waals surface area contributed by atoms with Gasteiger partial charge in [0, 0.05) is 34.1 Å². The SMILES string of the molecule is Cc1ccc(S(=O)(=O)Nc2ccc(-c3ccc4nnc(-c5ccncc5)n4n3)cc2)s1. The molecule has 0 saturated carbocycles. The molecule has 5 aromatic rings. The topological polar surface area (TPSA) is 102 Å². The largest absolute Gasteiger partial charge is 0.279 e. The van der Waals surface area contributed by atoms with E-state index >= 15 is 0 Å². The summed E-state index contributed by atoms with van der Waals surface area (Å²) in [6.07, 6.45) is 3.38. The predicted molar refractivity (Wildman–Crippen MR) is 119 cm³/mol. The number of aryl methyl sites for hydroxylation is 1. The van der Waals surface area contributed by atoms with Gasteiger partial charge in [0.2, 0.25) is 0 Å². The monoisotopic (exact) mass is 448 g/mol. The number of nitrogens with zero attached hydrogens (tertiary/aromatic N) is 5. The number of fused-ring (bicyclic) bond motifs is 1. The minimum atomic E-state index is -3.60. The Morgan fingerprint density at radius 3 is 2.35 bits per heavy atom. The van der Waals surface area contributed by atoms with E-state index in [0.29, 0.717) is 22.9 Å². The number of rotatable bonds is 5. The highest BCUT2D eigenvalue weighted by atomic mass is 32.2. The lowest BCUT2D eigenvalue weighted by Crippen LogP contribution is -2.11. The Kier molecular flexibility index (Phi) is 4.72. The Morgan fingerprint density at radius 2 is 1.65 bits per heavy atom. The van der Waals surface area contributed by atoms with E-state index in [0.717, 1.165) is 16.0 Å². The molecular weight excluding hydrogens is 432 g/mol. The number of hydrogen-bond acceptors (Lipinski definition) is 7. The Labute approximate surface area is 182 Å². The molecule has 154 valence electrons. The third kappa shape index (κ3) is 3.78. The molecule has 0 aliphatic heterocycles. The van der Waals surface area contributed by atoms with Gasteiger partial charge in [-0.2, -0.15) is 9.61 Å². The van der Waals surface area contributed by atoms with Gasteiger partial charge in [0.1, 0.15) is 4.21 Å². The Balaban J connectivity index is 1.44. The lowest BCUT2D eigenvalue weighted by Gasteiger charge is -2.08. The van der Waals surface area contributed by atoms with Gasteiger partial charge in [-0.3, -0.25) is 9.71 Å². The summed E-state index contributed by atoms with van der Waals surface area (Å²) in [7, 11) is -3.60. The van der Waals surface area contributed by atoms with E-state index < -0.39 is 10.0 Å². The molecule has 31 heavy (non-hydrogen) atoms. The second-order valence-corrected chi connectivity index (χ2v) is 9.99. The van der Waals surface area contributed by atoms with Crippen LogP contribution in [-0.4, -0.2) is 33.2 Å². The first-order chi connectivity index (χ1) is 15.0. The maximum Gasteiger partial charge on any atom is 0.271 e. The lowest BCUT2D eigenvalue weighted by atomic mass is 10.1. The predicted octanol–water partition coefficient (Wildman–Crippen LogP) is 4.02. The minimum Gasteiger partial charge on any atom is -0.279 e. The summed E-state index contributed by atoms with van der Waals surface area (Å²) in [4.78, 5) is 4.97. The summed E-state index contributed by atoms with van der Waals surface area (Å²) in [5.41, 5.74) is 3.53. The number of anilines is 1. The molecule has 0 aliphatic rings. The van der Waals surface area contributed by atoms with Gasteiger partial charge in [0.15, 0.2) is 11.5 Å². The summed E-state index contributed by atoms with van der Waals surface area (Å²) in [6.45, 7) is 1.87. The van der Waals surface area contributed by atoms with Crippen molar-refractivity contribution in [2.45, 2.75) is 11.1 Å². The second-order valence-electron chi connectivity index (χ2n) is 6.80. The van der Waals surface area contributed by atoms with Crippen LogP contribution in [0.4, 0.5) is 5.69 Å². The van der Waals surface area contributed by atoms with Crippen LogP contribution in [0.1, 0.15) is 4.88 Å². The van der Waals surface area contributed by atoms with E-state index in [1.165, 1.54) is 11.3 Å². The van der Waals surface area contributed by atoms with Crippen molar-refractivity contribution in [1.82, 2.24) is 24.8 Å². The lowest BCUT2D eigenvalue weighted by molar-refractivity contribution is 0.603. The number of sulfonamides is 1. The van der Waals surface area contributed by atoms with Crippen LogP contribution in [-0.2, 0) is 10.0 Å². The molecule has 4 aromatic heterocycles. The summed E-state index contributed by atoms with van der Waals surface area (Å²) in [5, 5.41) is 13.1. The molecule has 0 atom stereocenters. The van der Waals surface area contributed by atoms with Crippen LogP contribution in [0.2, 0.25) is 0 Å². The molecule has 5 rings (SSSR count). The van der Waals surface area contributed by atoms with Gasteiger partial charge in [-0.1, -0.05) is 12.1 Å². The van der Waals surface area contributed by atoms with E-state index in [1.54, 1.807) is 41.2 Å². The molecule has 10 heteroatoms. The Hall–Kier alpha value is -3.63. The number of pyridine rings is 1. The number of aromatic nitrogens is 5. The van der Waals surface area contributed by atoms with Crippen LogP contribution >= 0.6 is 11.3 Å². The van der Waals surface area contributed by atoms with Crippen molar-refractivity contribution in [3.05, 3.63) is 77.9 Å². The maximum atomic E-state index is 12.5. The number of hydrogen-bond donors (Lipinski definition) is 1. The van der Waals surface area contributed by atoms with Gasteiger partial charge in [-0.15, -0.1) is 21.5 Å². The van der Waals surface area contributed by atoms with Crippen molar-refractivity contribution in [2.24, 2.45) is 0 Å². The van der Waals surface area contributed by atoms with Gasteiger partial charge in [-0.25, -0.2) is 8.42 Å². The standard InChI is InChI=1S/C21H16N6O2S2/c1-14-2-9-20(30-14)31(28,29)26-17-5-3-15(4-6-17)18-7-8-19-23-24-21(27(19)25-18)16-10-12-22-13-11-16/h2-13,26H,1H3. The highest BCUT2D eigenvalue weighted by molar-refractivity contribution is 7.94. The van der Waals surface area contributed by atoms with E-state index in [-0.39, 0.29) is 4.21 Å². The van der Waals surface area contributed by atoms with Crippen LogP contribution in [0.25, 0.3) is 28.3 Å². The molecule has 1 aromatic carbocycles. The minimum absolute atomic E-state index is 0.289. The van der Waals surface area contributed by atoms with Crippen molar-refractivity contribution in [1.29, 1.82) is 0 Å². The third-order valence-electron chi connectivity index (χ3n) is 4.61. The fraction of sp³-hybridized carbons (Fsp3) is 0.0476. The smallest absolute Gasteiger partial charge is 0.271 e. The zero-order valence-electron chi connectivity index (χ0n) is 16.3. The number of nitrogens with one attached hydrogen (secondary N) is 1. The van der Waals surface area contributed by atoms with E-state index in [9.17, 15) is 8.42 Å². The first kappa shape index (κ1) is 19.3. The van der Waals surface area contributed by atoms with Crippen LogP contribution in [0.3, 0.4) is 0 Å². The molecule has 0 spiro atoms. The molecule has 4 heterocycles. The second kappa shape index (κ2) is 7.56. The number of benzene rings is 1. The molecule has 0 amide bonds. The van der Waals surface area contributed by atoms with E-state index in [1.807, 2.05) is 43.3 Å². The van der Waals surface area contributed by atoms with Gasteiger partial charge in [-0.05, 0) is 55.5 Å². The van der Waals surface area contributed by atoms with Crippen LogP contribution in [0.15, 0.2) is 77.3 Å². The van der Waals surface area contributed by atoms with Crippen LogP contribution in [0, 0.1) is 6.92 Å². The average molecular weight is 449 g/mol. The molecule has 0 saturated heterocycles. The van der Waals surface area contributed by atoms with Crippen LogP contribution < -0.4 is 4.72 Å². The Morgan fingerprint density at radius 1 is 0.871 bits per heavy atom. The van der Waals surface area contributed by atoms with Gasteiger partial charge < -0.3 is 0 Å². The van der Waals surface area contributed by atoms with Crippen molar-refractivity contribution in [3.63, 3.8) is 0 Å². The summed E-state index contributed by atoms with van der Waals surface area (Å²) >= 11 is 1.24. The van der Waals surface area contributed by atoms with Gasteiger partial charge in [0.05, 0.1) is 5.69 Å². The van der Waals surface area contributed by atoms with Crippen molar-refractivity contribution in [3.8, 4) is 22.6 Å². The fourth-order valence-corrected chi connectivity index (χ4v) is 5.44. The molecule has 0 fully saturated rings. The van der Waals surface area contributed by atoms with Crippen LogP contribution in [0.5, 0.6) is 0 Å². The summed E-state index contributed by atoms with van der Waals surface area (Å²) in [5.74, 6) is 0.620. The third-order valence-corrected chi connectivity index (χ3v) is 7.49. The van der Waals surface area contributed by atoms with E-state index in [4.69, 9.17) is 0 Å². The first-order valence-electron chi connectivity index (χ1n) is 9.32. The fourth-order valence-electron chi connectivity index (χ4n) is 3.09. The number of thiophene rings is 1. The van der Waals surface area contributed by atoms with Crippen molar-refractivity contribution < 1.29 is 8.42 Å². The molecule has 0 unspecified atom stereocenters. The van der Waals surface area contributed by atoms with Crippen molar-refractivity contribution >= 4 is 32.7 Å².